The Balaban J connectivity index is 2.08. The van der Waals surface area contributed by atoms with Crippen LogP contribution in [-0.2, 0) is 0 Å². The summed E-state index contributed by atoms with van der Waals surface area (Å²) in [5.74, 6) is 1.38. The summed E-state index contributed by atoms with van der Waals surface area (Å²) in [4.78, 5) is 4.49. The maximum atomic E-state index is 12.9. The number of hydrogen-bond acceptors (Lipinski definition) is 2. The summed E-state index contributed by atoms with van der Waals surface area (Å²) in [6, 6.07) is 6.80. The Kier molecular flexibility index (Phi) is 2.18. The van der Waals surface area contributed by atoms with Crippen LogP contribution in [0.2, 0.25) is 0 Å². The maximum Gasteiger partial charge on any atom is 0.131 e. The van der Waals surface area contributed by atoms with Gasteiger partial charge in [0.15, 0.2) is 0 Å². The number of nitrogen functional groups attached to an aromatic ring is 1. The van der Waals surface area contributed by atoms with Gasteiger partial charge in [0.1, 0.15) is 23.2 Å². The number of rotatable bonds is 2. The zero-order valence-corrected chi connectivity index (χ0v) is 9.65. The van der Waals surface area contributed by atoms with Crippen molar-refractivity contribution in [2.75, 3.05) is 5.73 Å². The number of halogens is 1. The number of hydrogen-bond donors (Lipinski definition) is 1. The number of anilines is 1. The first-order valence-electron chi connectivity index (χ1n) is 5.77. The molecule has 0 amide bonds. The zero-order valence-electron chi connectivity index (χ0n) is 9.65. The fourth-order valence-corrected chi connectivity index (χ4v) is 2.18. The monoisotopic (exact) mass is 231 g/mol. The highest BCUT2D eigenvalue weighted by Crippen LogP contribution is 2.40. The summed E-state index contributed by atoms with van der Waals surface area (Å²) >= 11 is 0. The van der Waals surface area contributed by atoms with Crippen LogP contribution in [0.25, 0.3) is 11.3 Å². The van der Waals surface area contributed by atoms with Crippen molar-refractivity contribution in [3.05, 3.63) is 35.9 Å². The normalized spacial score (nSPS) is 15.2. The van der Waals surface area contributed by atoms with Crippen LogP contribution in [0, 0.1) is 12.7 Å². The maximum absolute atomic E-state index is 12.9. The van der Waals surface area contributed by atoms with E-state index in [-0.39, 0.29) is 5.82 Å². The van der Waals surface area contributed by atoms with Crippen molar-refractivity contribution in [1.82, 2.24) is 9.55 Å². The molecule has 0 aliphatic heterocycles. The lowest BCUT2D eigenvalue weighted by Crippen LogP contribution is -2.02. The Morgan fingerprint density at radius 3 is 2.53 bits per heavy atom. The number of aryl methyl sites for hydroxylation is 1. The molecule has 1 aliphatic rings. The minimum atomic E-state index is -0.245. The number of nitrogens with zero attached hydrogens (tertiary/aromatic N) is 2. The van der Waals surface area contributed by atoms with E-state index in [2.05, 4.69) is 9.55 Å². The van der Waals surface area contributed by atoms with Crippen LogP contribution in [0.3, 0.4) is 0 Å². The van der Waals surface area contributed by atoms with Gasteiger partial charge in [-0.05, 0) is 44.0 Å². The van der Waals surface area contributed by atoms with Crippen LogP contribution in [0.1, 0.15) is 24.7 Å². The molecule has 0 bridgehead atoms. The van der Waals surface area contributed by atoms with Crippen molar-refractivity contribution in [3.63, 3.8) is 0 Å². The van der Waals surface area contributed by atoms with Gasteiger partial charge in [0.2, 0.25) is 0 Å². The predicted octanol–water partition coefficient (Wildman–Crippen LogP) is 2.91. The molecule has 0 unspecified atom stereocenters. The number of imidazole rings is 1. The number of nitrogens with two attached hydrogens (primary N) is 1. The highest BCUT2D eigenvalue weighted by molar-refractivity contribution is 5.71. The summed E-state index contributed by atoms with van der Waals surface area (Å²) < 4.78 is 15.0. The van der Waals surface area contributed by atoms with Crippen LogP contribution in [0.4, 0.5) is 10.2 Å². The fourth-order valence-electron chi connectivity index (χ4n) is 2.18. The van der Waals surface area contributed by atoms with Gasteiger partial charge in [0.25, 0.3) is 0 Å². The van der Waals surface area contributed by atoms with Crippen LogP contribution in [-0.4, -0.2) is 9.55 Å². The molecule has 1 aliphatic carbocycles. The van der Waals surface area contributed by atoms with E-state index in [9.17, 15) is 4.39 Å². The SMILES string of the molecule is Cc1nc(-c2ccc(F)cc2)c(N)n1C1CC1. The smallest absolute Gasteiger partial charge is 0.131 e. The van der Waals surface area contributed by atoms with Crippen LogP contribution < -0.4 is 5.73 Å². The predicted molar refractivity (Wildman–Crippen MR) is 65.0 cm³/mol. The molecule has 0 radical (unpaired) electrons. The number of benzene rings is 1. The molecule has 88 valence electrons. The molecule has 3 nitrogen and oxygen atoms in total. The van der Waals surface area contributed by atoms with Crippen molar-refractivity contribution in [3.8, 4) is 11.3 Å². The van der Waals surface area contributed by atoms with Crippen molar-refractivity contribution < 1.29 is 4.39 Å². The molecule has 3 rings (SSSR count). The van der Waals surface area contributed by atoms with E-state index >= 15 is 0 Å². The van der Waals surface area contributed by atoms with Crippen LogP contribution in [0.15, 0.2) is 24.3 Å². The van der Waals surface area contributed by atoms with Gasteiger partial charge in [0, 0.05) is 11.6 Å². The first-order chi connectivity index (χ1) is 8.16. The van der Waals surface area contributed by atoms with E-state index in [0.717, 1.165) is 17.1 Å². The first-order valence-corrected chi connectivity index (χ1v) is 5.77. The summed E-state index contributed by atoms with van der Waals surface area (Å²) in [5, 5.41) is 0. The lowest BCUT2D eigenvalue weighted by atomic mass is 10.1. The lowest BCUT2D eigenvalue weighted by Gasteiger charge is -2.05. The molecule has 0 spiro atoms. The highest BCUT2D eigenvalue weighted by Gasteiger charge is 2.28. The molecule has 1 saturated carbocycles. The van der Waals surface area contributed by atoms with E-state index in [4.69, 9.17) is 5.73 Å². The van der Waals surface area contributed by atoms with Gasteiger partial charge in [-0.3, -0.25) is 0 Å². The number of aromatic nitrogens is 2. The Bertz CT molecular complexity index is 553. The molecule has 1 aromatic heterocycles. The summed E-state index contributed by atoms with van der Waals surface area (Å²) in [6.07, 6.45) is 2.34. The Hall–Kier alpha value is -1.84. The second kappa shape index (κ2) is 3.58. The van der Waals surface area contributed by atoms with E-state index < -0.39 is 0 Å². The highest BCUT2D eigenvalue weighted by atomic mass is 19.1. The van der Waals surface area contributed by atoms with Crippen LogP contribution >= 0.6 is 0 Å². The van der Waals surface area contributed by atoms with Crippen LogP contribution in [0.5, 0.6) is 0 Å². The van der Waals surface area contributed by atoms with E-state index in [1.807, 2.05) is 6.92 Å². The third kappa shape index (κ3) is 1.69. The average molecular weight is 231 g/mol. The Morgan fingerprint density at radius 2 is 1.94 bits per heavy atom. The standard InChI is InChI=1S/C13H14FN3/c1-8-16-12(9-2-4-10(14)5-3-9)13(15)17(8)11-6-7-11/h2-5,11H,6-7,15H2,1H3. The fraction of sp³-hybridized carbons (Fsp3) is 0.308. The minimum absolute atomic E-state index is 0.245. The first kappa shape index (κ1) is 10.3. The van der Waals surface area contributed by atoms with Gasteiger partial charge in [-0.2, -0.15) is 0 Å². The summed E-state index contributed by atoms with van der Waals surface area (Å²) in [5.41, 5.74) is 7.75. The third-order valence-electron chi connectivity index (χ3n) is 3.15. The van der Waals surface area contributed by atoms with Gasteiger partial charge in [-0.1, -0.05) is 0 Å². The quantitative estimate of drug-likeness (QED) is 0.863. The molecule has 2 aromatic rings. The Labute approximate surface area is 99.1 Å². The molecule has 1 aromatic carbocycles. The van der Waals surface area contributed by atoms with E-state index in [1.54, 1.807) is 12.1 Å². The van der Waals surface area contributed by atoms with Crippen molar-refractivity contribution in [2.24, 2.45) is 0 Å². The van der Waals surface area contributed by atoms with Gasteiger partial charge >= 0.3 is 0 Å². The van der Waals surface area contributed by atoms with Crippen molar-refractivity contribution in [2.45, 2.75) is 25.8 Å². The molecule has 0 saturated heterocycles. The van der Waals surface area contributed by atoms with E-state index in [1.165, 1.54) is 25.0 Å². The summed E-state index contributed by atoms with van der Waals surface area (Å²) in [7, 11) is 0. The molecule has 2 N–H and O–H groups in total. The second-order valence-electron chi connectivity index (χ2n) is 4.50. The molecule has 1 fully saturated rings. The van der Waals surface area contributed by atoms with Gasteiger partial charge < -0.3 is 10.3 Å². The zero-order chi connectivity index (χ0) is 12.0. The van der Waals surface area contributed by atoms with E-state index in [0.29, 0.717) is 11.9 Å². The van der Waals surface area contributed by atoms with Gasteiger partial charge in [-0.15, -0.1) is 0 Å². The Morgan fingerprint density at radius 1 is 1.29 bits per heavy atom. The molecular formula is C13H14FN3. The van der Waals surface area contributed by atoms with Gasteiger partial charge in [-0.25, -0.2) is 9.37 Å². The largest absolute Gasteiger partial charge is 0.383 e. The minimum Gasteiger partial charge on any atom is -0.383 e. The molecule has 0 atom stereocenters. The lowest BCUT2D eigenvalue weighted by molar-refractivity contribution is 0.628. The third-order valence-corrected chi connectivity index (χ3v) is 3.15. The molecule has 1 heterocycles. The average Bonchev–Trinajstić information content (AvgIpc) is 3.08. The second-order valence-corrected chi connectivity index (χ2v) is 4.50. The summed E-state index contributed by atoms with van der Waals surface area (Å²) in [6.45, 7) is 1.96. The topological polar surface area (TPSA) is 43.8 Å². The van der Waals surface area contributed by atoms with Crippen molar-refractivity contribution >= 4 is 5.82 Å². The molecule has 17 heavy (non-hydrogen) atoms. The van der Waals surface area contributed by atoms with Crippen molar-refractivity contribution in [1.29, 1.82) is 0 Å². The molecule has 4 heteroatoms. The molecular weight excluding hydrogens is 217 g/mol. The van der Waals surface area contributed by atoms with Gasteiger partial charge in [0.05, 0.1) is 0 Å².